The molecule has 0 bridgehead atoms. The number of imide groups is 1. The zero-order valence-electron chi connectivity index (χ0n) is 9.46. The van der Waals surface area contributed by atoms with E-state index >= 15 is 0 Å². The number of rotatable bonds is 1. The number of nitrogen functional groups attached to an aromatic ring is 1. The maximum absolute atomic E-state index is 11.7. The Bertz CT molecular complexity index is 648. The summed E-state index contributed by atoms with van der Waals surface area (Å²) < 4.78 is 1.72. The molecule has 2 aromatic rings. The molecule has 3 N–H and O–H groups in total. The number of fused-ring (bicyclic) bond motifs is 1. The molecule has 0 unspecified atom stereocenters. The molecule has 92 valence electrons. The normalized spacial score (nSPS) is 16.1. The third-order valence-electron chi connectivity index (χ3n) is 2.89. The summed E-state index contributed by atoms with van der Waals surface area (Å²) in [6.07, 6.45) is 3.66. The van der Waals surface area contributed by atoms with Crippen molar-refractivity contribution in [1.29, 1.82) is 0 Å². The third-order valence-corrected chi connectivity index (χ3v) is 2.89. The molecule has 1 aliphatic heterocycles. The number of hydrogen-bond donors (Lipinski definition) is 2. The lowest BCUT2D eigenvalue weighted by Gasteiger charge is -2.26. The molecular weight excluding hydrogens is 234 g/mol. The average Bonchev–Trinajstić information content (AvgIpc) is 2.77. The number of urea groups is 1. The number of amides is 3. The molecule has 3 heterocycles. The Morgan fingerprint density at radius 2 is 2.17 bits per heavy atom. The van der Waals surface area contributed by atoms with Crippen LogP contribution >= 0.6 is 0 Å². The van der Waals surface area contributed by atoms with E-state index in [4.69, 9.17) is 5.73 Å². The van der Waals surface area contributed by atoms with Crippen molar-refractivity contribution in [2.75, 3.05) is 17.2 Å². The van der Waals surface area contributed by atoms with Gasteiger partial charge in [0, 0.05) is 37.5 Å². The van der Waals surface area contributed by atoms with Gasteiger partial charge in [-0.25, -0.2) is 9.78 Å². The van der Waals surface area contributed by atoms with Crippen LogP contribution in [-0.2, 0) is 4.79 Å². The SMILES string of the molecule is Nc1cc(N2CCC(=O)NC2=O)cc2nccn12. The van der Waals surface area contributed by atoms with Crippen LogP contribution in [0.15, 0.2) is 24.5 Å². The number of hydrogen-bond acceptors (Lipinski definition) is 4. The molecule has 0 aliphatic carbocycles. The lowest BCUT2D eigenvalue weighted by atomic mass is 10.2. The smallest absolute Gasteiger partial charge is 0.328 e. The van der Waals surface area contributed by atoms with Gasteiger partial charge in [-0.3, -0.25) is 19.4 Å². The lowest BCUT2D eigenvalue weighted by molar-refractivity contribution is -0.120. The van der Waals surface area contributed by atoms with E-state index in [0.717, 1.165) is 0 Å². The highest BCUT2D eigenvalue weighted by atomic mass is 16.2. The number of nitrogens with two attached hydrogens (primary N) is 1. The highest BCUT2D eigenvalue weighted by molar-refractivity contribution is 6.05. The van der Waals surface area contributed by atoms with Crippen LogP contribution in [0.1, 0.15) is 6.42 Å². The first-order valence-corrected chi connectivity index (χ1v) is 5.49. The molecule has 1 fully saturated rings. The predicted octanol–water partition coefficient (Wildman–Crippen LogP) is 0.363. The molecule has 0 radical (unpaired) electrons. The van der Waals surface area contributed by atoms with Gasteiger partial charge in [0.25, 0.3) is 0 Å². The molecule has 3 amide bonds. The van der Waals surface area contributed by atoms with E-state index in [-0.39, 0.29) is 12.3 Å². The Hall–Kier alpha value is -2.57. The van der Waals surface area contributed by atoms with Crippen LogP contribution in [0.5, 0.6) is 0 Å². The summed E-state index contributed by atoms with van der Waals surface area (Å²) in [4.78, 5) is 28.4. The number of pyridine rings is 1. The van der Waals surface area contributed by atoms with Crippen LogP contribution in [-0.4, -0.2) is 27.9 Å². The molecule has 7 heteroatoms. The summed E-state index contributed by atoms with van der Waals surface area (Å²) >= 11 is 0. The fourth-order valence-corrected chi connectivity index (χ4v) is 2.00. The summed E-state index contributed by atoms with van der Waals surface area (Å²) in [7, 11) is 0. The summed E-state index contributed by atoms with van der Waals surface area (Å²) in [5, 5.41) is 2.27. The van der Waals surface area contributed by atoms with Crippen LogP contribution in [0.4, 0.5) is 16.3 Å². The minimum atomic E-state index is -0.429. The summed E-state index contributed by atoms with van der Waals surface area (Å²) in [5.41, 5.74) is 7.18. The van der Waals surface area contributed by atoms with E-state index in [1.807, 2.05) is 0 Å². The van der Waals surface area contributed by atoms with Crippen molar-refractivity contribution in [2.45, 2.75) is 6.42 Å². The number of carbonyl (C=O) groups excluding carboxylic acids is 2. The molecule has 0 spiro atoms. The van der Waals surface area contributed by atoms with E-state index in [0.29, 0.717) is 23.7 Å². The van der Waals surface area contributed by atoms with Gasteiger partial charge in [0.15, 0.2) is 0 Å². The zero-order valence-corrected chi connectivity index (χ0v) is 9.46. The van der Waals surface area contributed by atoms with E-state index in [1.54, 1.807) is 28.9 Å². The van der Waals surface area contributed by atoms with Crippen molar-refractivity contribution in [2.24, 2.45) is 0 Å². The molecule has 7 nitrogen and oxygen atoms in total. The van der Waals surface area contributed by atoms with Gasteiger partial charge >= 0.3 is 6.03 Å². The minimum Gasteiger partial charge on any atom is -0.385 e. The Morgan fingerprint density at radius 1 is 1.33 bits per heavy atom. The number of nitrogens with zero attached hydrogens (tertiary/aromatic N) is 3. The standard InChI is InChI=1S/C11H11N5O2/c12-8-5-7(6-9-13-2-4-16(8)9)15-3-1-10(17)14-11(15)18/h2,4-6H,1,3,12H2,(H,14,17,18). The van der Waals surface area contributed by atoms with Gasteiger partial charge in [-0.1, -0.05) is 0 Å². The van der Waals surface area contributed by atoms with Gasteiger partial charge in [0.1, 0.15) is 11.5 Å². The Kier molecular flexibility index (Phi) is 2.19. The first-order chi connectivity index (χ1) is 8.65. The monoisotopic (exact) mass is 245 g/mol. The highest BCUT2D eigenvalue weighted by Crippen LogP contribution is 2.22. The van der Waals surface area contributed by atoms with Crippen molar-refractivity contribution in [3.63, 3.8) is 0 Å². The van der Waals surface area contributed by atoms with Crippen molar-refractivity contribution >= 4 is 29.1 Å². The fraction of sp³-hybridized carbons (Fsp3) is 0.182. The fourth-order valence-electron chi connectivity index (χ4n) is 2.00. The maximum atomic E-state index is 11.7. The number of carbonyl (C=O) groups is 2. The quantitative estimate of drug-likeness (QED) is 0.758. The van der Waals surface area contributed by atoms with Crippen LogP contribution in [0, 0.1) is 0 Å². The molecular formula is C11H11N5O2. The molecule has 1 saturated heterocycles. The van der Waals surface area contributed by atoms with E-state index in [9.17, 15) is 9.59 Å². The van der Waals surface area contributed by atoms with Crippen molar-refractivity contribution in [1.82, 2.24) is 14.7 Å². The number of imidazole rings is 1. The third kappa shape index (κ3) is 1.56. The predicted molar refractivity (Wildman–Crippen MR) is 65.1 cm³/mol. The first-order valence-electron chi connectivity index (χ1n) is 5.49. The van der Waals surface area contributed by atoms with E-state index in [2.05, 4.69) is 10.3 Å². The van der Waals surface area contributed by atoms with Gasteiger partial charge in [-0.15, -0.1) is 0 Å². The lowest BCUT2D eigenvalue weighted by Crippen LogP contribution is -2.49. The second kappa shape index (κ2) is 3.73. The average molecular weight is 245 g/mol. The van der Waals surface area contributed by atoms with Gasteiger partial charge < -0.3 is 5.73 Å². The van der Waals surface area contributed by atoms with Gasteiger partial charge in [0.2, 0.25) is 5.91 Å². The van der Waals surface area contributed by atoms with Crippen LogP contribution in [0.2, 0.25) is 0 Å². The van der Waals surface area contributed by atoms with E-state index < -0.39 is 6.03 Å². The van der Waals surface area contributed by atoms with Crippen molar-refractivity contribution in [3.8, 4) is 0 Å². The van der Waals surface area contributed by atoms with E-state index in [1.165, 1.54) is 4.90 Å². The van der Waals surface area contributed by atoms with Gasteiger partial charge in [-0.2, -0.15) is 0 Å². The summed E-state index contributed by atoms with van der Waals surface area (Å²) in [6.45, 7) is 0.348. The molecule has 0 atom stereocenters. The van der Waals surface area contributed by atoms with Crippen LogP contribution < -0.4 is 16.0 Å². The molecule has 0 aromatic carbocycles. The molecule has 1 aliphatic rings. The number of nitrogens with one attached hydrogen (secondary N) is 1. The van der Waals surface area contributed by atoms with Crippen molar-refractivity contribution in [3.05, 3.63) is 24.5 Å². The van der Waals surface area contributed by atoms with Gasteiger partial charge in [0.05, 0.1) is 5.69 Å². The molecule has 18 heavy (non-hydrogen) atoms. The summed E-state index contributed by atoms with van der Waals surface area (Å²) in [5.74, 6) is 0.232. The number of aromatic nitrogens is 2. The van der Waals surface area contributed by atoms with Crippen LogP contribution in [0.3, 0.4) is 0 Å². The molecule has 3 rings (SSSR count). The molecule has 2 aromatic heterocycles. The minimum absolute atomic E-state index is 0.258. The Morgan fingerprint density at radius 3 is 2.94 bits per heavy atom. The van der Waals surface area contributed by atoms with Crippen molar-refractivity contribution < 1.29 is 9.59 Å². The van der Waals surface area contributed by atoms with Crippen LogP contribution in [0.25, 0.3) is 5.65 Å². The largest absolute Gasteiger partial charge is 0.385 e. The summed E-state index contributed by atoms with van der Waals surface area (Å²) in [6, 6.07) is 3.01. The zero-order chi connectivity index (χ0) is 12.7. The number of anilines is 2. The highest BCUT2D eigenvalue weighted by Gasteiger charge is 2.24. The maximum Gasteiger partial charge on any atom is 0.328 e. The van der Waals surface area contributed by atoms with Gasteiger partial charge in [-0.05, 0) is 0 Å². The first kappa shape index (κ1) is 10.6. The Labute approximate surface area is 102 Å². The topological polar surface area (TPSA) is 92.7 Å². The Balaban J connectivity index is 2.03. The second-order valence-electron chi connectivity index (χ2n) is 4.05. The molecule has 0 saturated carbocycles. The second-order valence-corrected chi connectivity index (χ2v) is 4.05.